The molecule has 0 aromatic carbocycles. The molecule has 0 spiro atoms. The minimum absolute atomic E-state index is 0.00963. The summed E-state index contributed by atoms with van der Waals surface area (Å²) in [6.45, 7) is 2.73. The number of hydrogen-bond donors (Lipinski definition) is 2. The highest BCUT2D eigenvalue weighted by Gasteiger charge is 2.02. The summed E-state index contributed by atoms with van der Waals surface area (Å²) in [5.41, 5.74) is 0. The molecule has 2 N–H and O–H groups in total. The molecule has 0 aliphatic carbocycles. The van der Waals surface area contributed by atoms with E-state index in [1.54, 1.807) is 6.92 Å². The van der Waals surface area contributed by atoms with Gasteiger partial charge in [0.25, 0.3) is 0 Å². The van der Waals surface area contributed by atoms with Crippen LogP contribution in [0.3, 0.4) is 0 Å². The van der Waals surface area contributed by atoms with Crippen molar-refractivity contribution in [1.29, 1.82) is 0 Å². The van der Waals surface area contributed by atoms with Crippen LogP contribution in [0.15, 0.2) is 0 Å². The first-order chi connectivity index (χ1) is 5.52. The molecule has 72 valence electrons. The van der Waals surface area contributed by atoms with Crippen LogP contribution in [-0.4, -0.2) is 49.2 Å². The molecule has 12 heavy (non-hydrogen) atoms. The third-order valence-corrected chi connectivity index (χ3v) is 1.38. The van der Waals surface area contributed by atoms with Crippen LogP contribution < -0.4 is 5.32 Å². The summed E-state index contributed by atoms with van der Waals surface area (Å²) in [5.74, 6) is -0.00963. The van der Waals surface area contributed by atoms with E-state index < -0.39 is 6.10 Å². The Balaban J connectivity index is 3.34. The van der Waals surface area contributed by atoms with Crippen molar-refractivity contribution in [2.24, 2.45) is 0 Å². The number of hydrogen-bond acceptors (Lipinski definition) is 3. The molecule has 0 fully saturated rings. The zero-order valence-electron chi connectivity index (χ0n) is 8.00. The van der Waals surface area contributed by atoms with Crippen molar-refractivity contribution in [3.05, 3.63) is 0 Å². The van der Waals surface area contributed by atoms with Gasteiger partial charge in [0.1, 0.15) is 0 Å². The molecule has 0 bridgehead atoms. The average molecular weight is 174 g/mol. The summed E-state index contributed by atoms with van der Waals surface area (Å²) < 4.78 is 0. The van der Waals surface area contributed by atoms with Gasteiger partial charge in [0, 0.05) is 19.5 Å². The second-order valence-electron chi connectivity index (χ2n) is 3.21. The van der Waals surface area contributed by atoms with Gasteiger partial charge in [0.2, 0.25) is 5.91 Å². The van der Waals surface area contributed by atoms with Gasteiger partial charge in [-0.05, 0) is 21.0 Å². The third-order valence-electron chi connectivity index (χ3n) is 1.38. The van der Waals surface area contributed by atoms with Crippen molar-refractivity contribution in [3.8, 4) is 0 Å². The molecule has 1 atom stereocenters. The molecule has 0 saturated heterocycles. The van der Waals surface area contributed by atoms with E-state index in [0.29, 0.717) is 13.0 Å². The topological polar surface area (TPSA) is 52.6 Å². The van der Waals surface area contributed by atoms with E-state index in [2.05, 4.69) is 5.32 Å². The minimum Gasteiger partial charge on any atom is -0.392 e. The maximum atomic E-state index is 11.0. The van der Waals surface area contributed by atoms with E-state index in [0.717, 1.165) is 6.54 Å². The number of rotatable bonds is 5. The molecular weight excluding hydrogens is 156 g/mol. The maximum Gasteiger partial charge on any atom is 0.221 e. The first kappa shape index (κ1) is 11.4. The molecule has 4 heteroatoms. The van der Waals surface area contributed by atoms with Crippen molar-refractivity contribution in [3.63, 3.8) is 0 Å². The zero-order valence-corrected chi connectivity index (χ0v) is 8.00. The molecule has 0 aromatic heterocycles. The molecule has 0 heterocycles. The van der Waals surface area contributed by atoms with Crippen molar-refractivity contribution < 1.29 is 9.90 Å². The Bertz CT molecular complexity index is 121. The summed E-state index contributed by atoms with van der Waals surface area (Å²) in [5, 5.41) is 11.5. The minimum atomic E-state index is -0.465. The SMILES string of the molecule is CC(O)CNC(=O)CCN(C)C. The van der Waals surface area contributed by atoms with Crippen LogP contribution in [0.2, 0.25) is 0 Å². The summed E-state index contributed by atoms with van der Waals surface area (Å²) >= 11 is 0. The lowest BCUT2D eigenvalue weighted by molar-refractivity contribution is -0.121. The Hall–Kier alpha value is -0.610. The number of amides is 1. The van der Waals surface area contributed by atoms with Crippen LogP contribution >= 0.6 is 0 Å². The molecule has 0 saturated carbocycles. The molecule has 0 aliphatic heterocycles. The fourth-order valence-electron chi connectivity index (χ4n) is 0.675. The fraction of sp³-hybridized carbons (Fsp3) is 0.875. The Morgan fingerprint density at radius 3 is 2.58 bits per heavy atom. The molecule has 0 rings (SSSR count). The summed E-state index contributed by atoms with van der Waals surface area (Å²) in [6.07, 6.45) is 0.0213. The van der Waals surface area contributed by atoms with E-state index in [1.807, 2.05) is 19.0 Å². The lowest BCUT2D eigenvalue weighted by Gasteiger charge is -2.10. The highest BCUT2D eigenvalue weighted by molar-refractivity contribution is 5.76. The molecule has 4 nitrogen and oxygen atoms in total. The van der Waals surface area contributed by atoms with Crippen LogP contribution in [0.1, 0.15) is 13.3 Å². The molecule has 1 unspecified atom stereocenters. The Kier molecular flexibility index (Phi) is 5.66. The zero-order chi connectivity index (χ0) is 9.56. The predicted octanol–water partition coefficient (Wildman–Crippen LogP) is -0.565. The van der Waals surface area contributed by atoms with Crippen molar-refractivity contribution in [2.45, 2.75) is 19.4 Å². The first-order valence-electron chi connectivity index (χ1n) is 4.12. The Labute approximate surface area is 73.6 Å². The largest absolute Gasteiger partial charge is 0.392 e. The average Bonchev–Trinajstić information content (AvgIpc) is 1.96. The molecule has 0 radical (unpaired) electrons. The van der Waals surface area contributed by atoms with E-state index >= 15 is 0 Å². The van der Waals surface area contributed by atoms with Gasteiger partial charge in [-0.15, -0.1) is 0 Å². The van der Waals surface area contributed by atoms with E-state index in [1.165, 1.54) is 0 Å². The van der Waals surface area contributed by atoms with Gasteiger partial charge in [0.05, 0.1) is 6.10 Å². The third kappa shape index (κ3) is 7.50. The highest BCUT2D eigenvalue weighted by Crippen LogP contribution is 1.84. The maximum absolute atomic E-state index is 11.0. The molecule has 0 aliphatic rings. The number of nitrogens with zero attached hydrogens (tertiary/aromatic N) is 1. The van der Waals surface area contributed by atoms with Crippen LogP contribution in [0, 0.1) is 0 Å². The summed E-state index contributed by atoms with van der Waals surface area (Å²) in [7, 11) is 3.84. The van der Waals surface area contributed by atoms with Crippen molar-refractivity contribution in [2.75, 3.05) is 27.2 Å². The number of carbonyl (C=O) groups is 1. The Morgan fingerprint density at radius 2 is 2.17 bits per heavy atom. The summed E-state index contributed by atoms with van der Waals surface area (Å²) in [6, 6.07) is 0. The molecule has 1 amide bonds. The normalized spacial score (nSPS) is 13.1. The number of aliphatic hydroxyl groups is 1. The number of carbonyl (C=O) groups excluding carboxylic acids is 1. The second kappa shape index (κ2) is 5.97. The van der Waals surface area contributed by atoms with E-state index in [4.69, 9.17) is 5.11 Å². The predicted molar refractivity (Wildman–Crippen MR) is 47.9 cm³/mol. The highest BCUT2D eigenvalue weighted by atomic mass is 16.3. The van der Waals surface area contributed by atoms with Gasteiger partial charge in [-0.1, -0.05) is 0 Å². The van der Waals surface area contributed by atoms with Crippen LogP contribution in [0.25, 0.3) is 0 Å². The fourth-order valence-corrected chi connectivity index (χ4v) is 0.675. The van der Waals surface area contributed by atoms with Gasteiger partial charge in [-0.2, -0.15) is 0 Å². The van der Waals surface area contributed by atoms with Crippen LogP contribution in [-0.2, 0) is 4.79 Å². The van der Waals surface area contributed by atoms with E-state index in [-0.39, 0.29) is 5.91 Å². The summed E-state index contributed by atoms with van der Waals surface area (Å²) in [4.78, 5) is 12.9. The van der Waals surface area contributed by atoms with Gasteiger partial charge in [-0.3, -0.25) is 4.79 Å². The quantitative estimate of drug-likeness (QED) is 0.587. The van der Waals surface area contributed by atoms with Crippen molar-refractivity contribution in [1.82, 2.24) is 10.2 Å². The van der Waals surface area contributed by atoms with Crippen molar-refractivity contribution >= 4 is 5.91 Å². The van der Waals surface area contributed by atoms with Crippen LogP contribution in [0.5, 0.6) is 0 Å². The lowest BCUT2D eigenvalue weighted by atomic mass is 10.3. The van der Waals surface area contributed by atoms with Gasteiger partial charge < -0.3 is 15.3 Å². The standard InChI is InChI=1S/C8H18N2O2/c1-7(11)6-9-8(12)4-5-10(2)3/h7,11H,4-6H2,1-3H3,(H,9,12). The number of aliphatic hydroxyl groups excluding tert-OH is 1. The van der Waals surface area contributed by atoms with Crippen LogP contribution in [0.4, 0.5) is 0 Å². The Morgan fingerprint density at radius 1 is 1.58 bits per heavy atom. The molecular formula is C8H18N2O2. The monoisotopic (exact) mass is 174 g/mol. The first-order valence-corrected chi connectivity index (χ1v) is 4.12. The second-order valence-corrected chi connectivity index (χ2v) is 3.21. The van der Waals surface area contributed by atoms with Gasteiger partial charge in [-0.25, -0.2) is 0 Å². The van der Waals surface area contributed by atoms with Gasteiger partial charge in [0.15, 0.2) is 0 Å². The lowest BCUT2D eigenvalue weighted by Crippen LogP contribution is -2.32. The van der Waals surface area contributed by atoms with Gasteiger partial charge >= 0.3 is 0 Å². The smallest absolute Gasteiger partial charge is 0.221 e. The number of nitrogens with one attached hydrogen (secondary N) is 1. The molecule has 0 aromatic rings. The van der Waals surface area contributed by atoms with E-state index in [9.17, 15) is 4.79 Å².